The third-order valence-electron chi connectivity index (χ3n) is 3.52. The number of thioether (sulfide) groups is 1. The van der Waals surface area contributed by atoms with Crippen LogP contribution in [0, 0.1) is 0 Å². The molecule has 7 nitrogen and oxygen atoms in total. The van der Waals surface area contributed by atoms with Gasteiger partial charge < -0.3 is 14.9 Å². The Morgan fingerprint density at radius 3 is 2.50 bits per heavy atom. The van der Waals surface area contributed by atoms with Crippen molar-refractivity contribution in [2.24, 2.45) is 0 Å². The second kappa shape index (κ2) is 8.81. The average molecular weight is 395 g/mol. The summed E-state index contributed by atoms with van der Waals surface area (Å²) in [5.41, 5.74) is 0.690. The van der Waals surface area contributed by atoms with Gasteiger partial charge in [-0.15, -0.1) is 0 Å². The highest BCUT2D eigenvalue weighted by Crippen LogP contribution is 2.35. The van der Waals surface area contributed by atoms with E-state index in [0.29, 0.717) is 29.1 Å². The highest BCUT2D eigenvalue weighted by Gasteiger charge is 2.39. The summed E-state index contributed by atoms with van der Waals surface area (Å²) < 4.78 is 5.27. The van der Waals surface area contributed by atoms with Crippen LogP contribution in [0.5, 0.6) is 5.75 Å². The Balaban J connectivity index is 2.16. The number of hydrogen-bond donors (Lipinski definition) is 2. The second-order valence-electron chi connectivity index (χ2n) is 5.45. The molecule has 1 saturated heterocycles. The quantitative estimate of drug-likeness (QED) is 0.511. The molecule has 1 aromatic carbocycles. The van der Waals surface area contributed by atoms with Gasteiger partial charge in [-0.2, -0.15) is 0 Å². The highest BCUT2D eigenvalue weighted by atomic mass is 32.2. The van der Waals surface area contributed by atoms with E-state index in [2.05, 4.69) is 0 Å². The zero-order chi connectivity index (χ0) is 19.3. The number of aliphatic carboxylic acids is 2. The van der Waals surface area contributed by atoms with Crippen LogP contribution < -0.4 is 4.74 Å². The molecule has 1 atom stereocenters. The van der Waals surface area contributed by atoms with Gasteiger partial charge >= 0.3 is 11.9 Å². The van der Waals surface area contributed by atoms with Crippen LogP contribution in [0.15, 0.2) is 29.2 Å². The molecule has 9 heteroatoms. The van der Waals surface area contributed by atoms with Crippen LogP contribution >= 0.6 is 24.0 Å². The minimum absolute atomic E-state index is 0.225. The van der Waals surface area contributed by atoms with Crippen LogP contribution in [-0.2, 0) is 14.4 Å². The fourth-order valence-corrected chi connectivity index (χ4v) is 3.70. The summed E-state index contributed by atoms with van der Waals surface area (Å²) in [4.78, 5) is 36.0. The molecule has 0 spiro atoms. The van der Waals surface area contributed by atoms with E-state index in [1.54, 1.807) is 30.3 Å². The summed E-state index contributed by atoms with van der Waals surface area (Å²) in [6.07, 6.45) is 2.56. The molecule has 1 heterocycles. The predicted octanol–water partition coefficient (Wildman–Crippen LogP) is 2.60. The Hall–Kier alpha value is -2.39. The average Bonchev–Trinajstić information content (AvgIpc) is 2.85. The largest absolute Gasteiger partial charge is 0.482 e. The molecule has 1 aliphatic heterocycles. The molecule has 0 saturated carbocycles. The molecule has 0 bridgehead atoms. The second-order valence-corrected chi connectivity index (χ2v) is 7.12. The van der Waals surface area contributed by atoms with Crippen LogP contribution in [0.2, 0.25) is 0 Å². The van der Waals surface area contributed by atoms with E-state index in [1.807, 2.05) is 6.92 Å². The normalized spacial score (nSPS) is 16.8. The van der Waals surface area contributed by atoms with Crippen molar-refractivity contribution in [3.63, 3.8) is 0 Å². The number of carbonyl (C=O) groups is 3. The molecule has 2 N–H and O–H groups in total. The minimum Gasteiger partial charge on any atom is -0.482 e. The van der Waals surface area contributed by atoms with Crippen molar-refractivity contribution in [2.75, 3.05) is 6.61 Å². The molecule has 1 aromatic rings. The summed E-state index contributed by atoms with van der Waals surface area (Å²) in [6, 6.07) is 5.55. The summed E-state index contributed by atoms with van der Waals surface area (Å²) in [5, 5.41) is 17.9. The number of hydrogen-bond acceptors (Lipinski definition) is 6. The van der Waals surface area contributed by atoms with Gasteiger partial charge in [0.05, 0.1) is 4.91 Å². The van der Waals surface area contributed by atoms with Crippen LogP contribution in [0.4, 0.5) is 0 Å². The Morgan fingerprint density at radius 1 is 1.31 bits per heavy atom. The maximum absolute atomic E-state index is 12.6. The lowest BCUT2D eigenvalue weighted by molar-refractivity contribution is -0.145. The molecule has 26 heavy (non-hydrogen) atoms. The molecule has 2 rings (SSSR count). The molecule has 1 aliphatic rings. The van der Waals surface area contributed by atoms with Crippen molar-refractivity contribution in [2.45, 2.75) is 25.8 Å². The van der Waals surface area contributed by atoms with Crippen molar-refractivity contribution in [3.05, 3.63) is 34.7 Å². The topological polar surface area (TPSA) is 104 Å². The van der Waals surface area contributed by atoms with Crippen LogP contribution in [-0.4, -0.2) is 49.9 Å². The van der Waals surface area contributed by atoms with E-state index in [0.717, 1.165) is 16.7 Å². The number of thiocarbonyl (C=S) groups is 1. The third-order valence-corrected chi connectivity index (χ3v) is 4.85. The van der Waals surface area contributed by atoms with Crippen molar-refractivity contribution in [1.82, 2.24) is 4.90 Å². The summed E-state index contributed by atoms with van der Waals surface area (Å²) in [6.45, 7) is 1.41. The van der Waals surface area contributed by atoms with Gasteiger partial charge in [-0.1, -0.05) is 49.5 Å². The Bertz CT molecular complexity index is 759. The first-order chi connectivity index (χ1) is 12.3. The standard InChI is InChI=1S/C17H17NO6S2/c1-2-3-12(16(22)23)18-15(21)13(26-17(18)25)8-10-4-6-11(7-5-10)24-9-14(19)20/h4-8,12H,2-3,9H2,1H3,(H,19,20)(H,22,23)/b13-8-. The smallest absolute Gasteiger partial charge is 0.341 e. The number of benzene rings is 1. The molecular weight excluding hydrogens is 378 g/mol. The van der Waals surface area contributed by atoms with Gasteiger partial charge in [0.15, 0.2) is 6.61 Å². The Kier molecular flexibility index (Phi) is 6.76. The van der Waals surface area contributed by atoms with E-state index in [-0.39, 0.29) is 4.32 Å². The lowest BCUT2D eigenvalue weighted by atomic mass is 10.1. The van der Waals surface area contributed by atoms with Gasteiger partial charge in [-0.3, -0.25) is 9.69 Å². The number of amides is 1. The molecule has 1 amide bonds. The zero-order valence-corrected chi connectivity index (χ0v) is 15.5. The molecule has 0 aromatic heterocycles. The molecular formula is C17H17NO6S2. The molecule has 1 fully saturated rings. The predicted molar refractivity (Wildman–Crippen MR) is 101 cm³/mol. The van der Waals surface area contributed by atoms with Crippen LogP contribution in [0.3, 0.4) is 0 Å². The lowest BCUT2D eigenvalue weighted by Gasteiger charge is -2.22. The van der Waals surface area contributed by atoms with E-state index >= 15 is 0 Å². The molecule has 1 unspecified atom stereocenters. The van der Waals surface area contributed by atoms with Gasteiger partial charge in [0.25, 0.3) is 5.91 Å². The number of nitrogens with zero attached hydrogens (tertiary/aromatic N) is 1. The molecule has 138 valence electrons. The fraction of sp³-hybridized carbons (Fsp3) is 0.294. The maximum atomic E-state index is 12.6. The fourth-order valence-electron chi connectivity index (χ4n) is 2.34. The first-order valence-electron chi connectivity index (χ1n) is 7.78. The van der Waals surface area contributed by atoms with E-state index in [9.17, 15) is 19.5 Å². The molecule has 0 radical (unpaired) electrons. The van der Waals surface area contributed by atoms with Crippen LogP contribution in [0.1, 0.15) is 25.3 Å². The number of carbonyl (C=O) groups excluding carboxylic acids is 1. The number of rotatable bonds is 8. The van der Waals surface area contributed by atoms with Gasteiger partial charge in [-0.25, -0.2) is 9.59 Å². The summed E-state index contributed by atoms with van der Waals surface area (Å²) in [5.74, 6) is -2.18. The maximum Gasteiger partial charge on any atom is 0.341 e. The zero-order valence-electron chi connectivity index (χ0n) is 13.9. The van der Waals surface area contributed by atoms with E-state index in [1.165, 1.54) is 0 Å². The van der Waals surface area contributed by atoms with Gasteiger partial charge in [0.1, 0.15) is 16.1 Å². The van der Waals surface area contributed by atoms with Gasteiger partial charge in [0.2, 0.25) is 0 Å². The van der Waals surface area contributed by atoms with Crippen molar-refractivity contribution in [3.8, 4) is 5.75 Å². The van der Waals surface area contributed by atoms with Crippen molar-refractivity contribution in [1.29, 1.82) is 0 Å². The highest BCUT2D eigenvalue weighted by molar-refractivity contribution is 8.26. The minimum atomic E-state index is -1.08. The van der Waals surface area contributed by atoms with Crippen LogP contribution in [0.25, 0.3) is 6.08 Å². The number of ether oxygens (including phenoxy) is 1. The SMILES string of the molecule is CCCC(C(=O)O)N1C(=O)/C(=C/c2ccc(OCC(=O)O)cc2)SC1=S. The summed E-state index contributed by atoms with van der Waals surface area (Å²) >= 11 is 6.25. The monoisotopic (exact) mass is 395 g/mol. The first kappa shape index (κ1) is 19.9. The first-order valence-corrected chi connectivity index (χ1v) is 9.00. The van der Waals surface area contributed by atoms with Crippen molar-refractivity contribution >= 4 is 52.2 Å². The third kappa shape index (κ3) is 4.83. The Labute approximate surface area is 159 Å². The van der Waals surface area contributed by atoms with Gasteiger partial charge in [0, 0.05) is 0 Å². The number of carboxylic acids is 2. The molecule has 0 aliphatic carbocycles. The Morgan fingerprint density at radius 2 is 1.96 bits per heavy atom. The van der Waals surface area contributed by atoms with E-state index in [4.69, 9.17) is 22.1 Å². The lowest BCUT2D eigenvalue weighted by Crippen LogP contribution is -2.43. The number of carboxylic acid groups (broad SMARTS) is 2. The van der Waals surface area contributed by atoms with Gasteiger partial charge in [-0.05, 0) is 30.2 Å². The van der Waals surface area contributed by atoms with E-state index < -0.39 is 30.5 Å². The van der Waals surface area contributed by atoms with Crippen molar-refractivity contribution < 1.29 is 29.3 Å². The summed E-state index contributed by atoms with van der Waals surface area (Å²) in [7, 11) is 0.